The van der Waals surface area contributed by atoms with Crippen molar-refractivity contribution >= 4 is 17.4 Å². The Morgan fingerprint density at radius 2 is 1.74 bits per heavy atom. The number of unbranched alkanes of at least 4 members (excludes halogenated alkanes) is 1. The second kappa shape index (κ2) is 18.5. The third-order valence-electron chi connectivity index (χ3n) is 6.85. The molecule has 0 N–H and O–H groups in total. The maximum absolute atomic E-state index is 14.7. The molecule has 0 heterocycles. The number of anilines is 1. The summed E-state index contributed by atoms with van der Waals surface area (Å²) in [5, 5.41) is -0.0339. The monoisotopic (exact) mass is 604 g/mol. The van der Waals surface area contributed by atoms with Crippen molar-refractivity contribution in [1.29, 1.82) is 0 Å². The Morgan fingerprint density at radius 3 is 2.33 bits per heavy atom. The van der Waals surface area contributed by atoms with Gasteiger partial charge in [-0.15, -0.1) is 11.8 Å². The van der Waals surface area contributed by atoms with Gasteiger partial charge in [-0.1, -0.05) is 38.5 Å². The van der Waals surface area contributed by atoms with Gasteiger partial charge >= 0.3 is 0 Å². The van der Waals surface area contributed by atoms with E-state index < -0.39 is 12.3 Å². The molecule has 0 saturated carbocycles. The summed E-state index contributed by atoms with van der Waals surface area (Å²) in [5.74, 6) is 2.80. The van der Waals surface area contributed by atoms with Crippen LogP contribution in [0, 0.1) is 5.82 Å². The number of halogens is 3. The molecule has 1 aliphatic rings. The van der Waals surface area contributed by atoms with E-state index in [4.69, 9.17) is 9.47 Å². The van der Waals surface area contributed by atoms with Gasteiger partial charge in [0.1, 0.15) is 35.5 Å². The van der Waals surface area contributed by atoms with E-state index >= 15 is 0 Å². The highest BCUT2D eigenvalue weighted by Gasteiger charge is 2.26. The van der Waals surface area contributed by atoms with Crippen LogP contribution in [0.5, 0.6) is 0 Å². The van der Waals surface area contributed by atoms with Crippen molar-refractivity contribution in [3.8, 4) is 0 Å². The van der Waals surface area contributed by atoms with Crippen molar-refractivity contribution in [2.75, 3.05) is 31.9 Å². The smallest absolute Gasteiger partial charge is 0.139 e. The molecule has 3 atom stereocenters. The van der Waals surface area contributed by atoms with Gasteiger partial charge in [-0.2, -0.15) is 0 Å². The number of likely N-dealkylation sites (N-methyl/N-ethyl adjacent to an activating group) is 1. The first-order valence-electron chi connectivity index (χ1n) is 14.6. The van der Waals surface area contributed by atoms with E-state index in [-0.39, 0.29) is 17.6 Å². The summed E-state index contributed by atoms with van der Waals surface area (Å²) in [4.78, 5) is 4.34. The minimum absolute atomic E-state index is 0.0339. The molecule has 0 radical (unpaired) electrons. The molecule has 4 nitrogen and oxygen atoms in total. The number of rotatable bonds is 17. The Kier molecular flexibility index (Phi) is 15.5. The van der Waals surface area contributed by atoms with Gasteiger partial charge in [0.05, 0.1) is 26.0 Å². The molecule has 0 fully saturated rings. The van der Waals surface area contributed by atoms with Crippen LogP contribution in [0.2, 0.25) is 0 Å². The molecule has 42 heavy (non-hydrogen) atoms. The Balaban J connectivity index is 2.47. The van der Waals surface area contributed by atoms with Gasteiger partial charge in [0.2, 0.25) is 0 Å². The standard InChI is InChI=1S/C34H47F3N2O2S/c1-8-10-14-33(38(5)29-19-20-30(40-6)24-31(23-29)41-7)39(28-17-15-27(36)16-18-28)34(9-2)42-22-21-25(3)32(37)13-11-12-26(4)35/h11,13-21,23,26,32,34H,8-10,12,22,24H2,1-7H3/b13-11-,25-21+,33-14+/t26-,32?,34-/m1/s1. The lowest BCUT2D eigenvalue weighted by atomic mass is 10.1. The van der Waals surface area contributed by atoms with Crippen molar-refractivity contribution in [2.24, 2.45) is 0 Å². The van der Waals surface area contributed by atoms with E-state index in [1.807, 2.05) is 31.4 Å². The predicted molar refractivity (Wildman–Crippen MR) is 172 cm³/mol. The normalized spacial score (nSPS) is 16.7. The molecule has 1 aromatic carbocycles. The fraction of sp³-hybridized carbons (Fsp3) is 0.471. The lowest BCUT2D eigenvalue weighted by Gasteiger charge is -2.39. The quantitative estimate of drug-likeness (QED) is 0.130. The van der Waals surface area contributed by atoms with Crippen molar-refractivity contribution in [3.63, 3.8) is 0 Å². The summed E-state index contributed by atoms with van der Waals surface area (Å²) in [6.07, 6.45) is 14.1. The van der Waals surface area contributed by atoms with E-state index in [1.165, 1.54) is 25.1 Å². The third kappa shape index (κ3) is 11.0. The first-order chi connectivity index (χ1) is 20.1. The molecule has 1 unspecified atom stereocenters. The van der Waals surface area contributed by atoms with Crippen LogP contribution in [0.4, 0.5) is 18.9 Å². The number of thioether (sulfide) groups is 1. The number of nitrogens with zero attached hydrogens (tertiary/aromatic N) is 2. The average Bonchev–Trinajstić information content (AvgIpc) is 3.20. The number of alkyl halides is 2. The van der Waals surface area contributed by atoms with E-state index in [2.05, 4.69) is 29.7 Å². The summed E-state index contributed by atoms with van der Waals surface area (Å²) in [5.41, 5.74) is 2.36. The minimum Gasteiger partial charge on any atom is -0.501 e. The number of hydrogen-bond donors (Lipinski definition) is 0. The topological polar surface area (TPSA) is 24.9 Å². The maximum Gasteiger partial charge on any atom is 0.139 e. The van der Waals surface area contributed by atoms with Crippen LogP contribution in [0.1, 0.15) is 59.8 Å². The Hall–Kier alpha value is -3.00. The summed E-state index contributed by atoms with van der Waals surface area (Å²) in [6.45, 7) is 7.46. The van der Waals surface area contributed by atoms with E-state index in [0.29, 0.717) is 17.7 Å². The van der Waals surface area contributed by atoms with Crippen molar-refractivity contribution in [3.05, 3.63) is 101 Å². The van der Waals surface area contributed by atoms with Crippen LogP contribution in [0.25, 0.3) is 0 Å². The molecule has 1 aliphatic carbocycles. The molecule has 1 aromatic rings. The molecule has 0 amide bonds. The molecule has 8 heteroatoms. The largest absolute Gasteiger partial charge is 0.501 e. The predicted octanol–water partition coefficient (Wildman–Crippen LogP) is 9.61. The molecular weight excluding hydrogens is 557 g/mol. The Labute approximate surface area is 255 Å². The highest BCUT2D eigenvalue weighted by Crippen LogP contribution is 2.34. The van der Waals surface area contributed by atoms with Crippen LogP contribution in [-0.2, 0) is 9.47 Å². The summed E-state index contributed by atoms with van der Waals surface area (Å²) < 4.78 is 52.9. The van der Waals surface area contributed by atoms with Crippen LogP contribution >= 0.6 is 11.8 Å². The van der Waals surface area contributed by atoms with Gasteiger partial charge in [-0.3, -0.25) is 0 Å². The number of methoxy groups -OCH3 is 2. The van der Waals surface area contributed by atoms with Crippen molar-refractivity contribution < 1.29 is 22.6 Å². The number of hydrogen-bond acceptors (Lipinski definition) is 5. The zero-order chi connectivity index (χ0) is 31.1. The van der Waals surface area contributed by atoms with Gasteiger partial charge in [0.15, 0.2) is 0 Å². The van der Waals surface area contributed by atoms with Gasteiger partial charge in [0, 0.05) is 30.3 Å². The summed E-state index contributed by atoms with van der Waals surface area (Å²) in [6, 6.07) is 6.53. The van der Waals surface area contributed by atoms with Gasteiger partial charge < -0.3 is 19.3 Å². The minimum atomic E-state index is -1.25. The van der Waals surface area contributed by atoms with Crippen LogP contribution in [0.15, 0.2) is 95.4 Å². The molecule has 0 spiro atoms. The lowest BCUT2D eigenvalue weighted by molar-refractivity contribution is 0.238. The van der Waals surface area contributed by atoms with Crippen molar-refractivity contribution in [2.45, 2.75) is 77.5 Å². The van der Waals surface area contributed by atoms with Crippen molar-refractivity contribution in [1.82, 2.24) is 4.90 Å². The Morgan fingerprint density at radius 1 is 1.05 bits per heavy atom. The fourth-order valence-electron chi connectivity index (χ4n) is 4.32. The second-order valence-corrected chi connectivity index (χ2v) is 11.4. The molecule has 0 aliphatic heterocycles. The summed E-state index contributed by atoms with van der Waals surface area (Å²) >= 11 is 1.69. The molecule has 0 saturated heterocycles. The van der Waals surface area contributed by atoms with E-state index in [9.17, 15) is 13.2 Å². The number of ether oxygens (including phenoxy) is 2. The molecule has 0 aromatic heterocycles. The molecular formula is C34H47F3N2O2S. The number of benzene rings is 1. The maximum atomic E-state index is 14.7. The van der Waals surface area contributed by atoms with Gasteiger partial charge in [-0.05, 0) is 81.2 Å². The molecule has 2 rings (SSSR count). The lowest BCUT2D eigenvalue weighted by Crippen LogP contribution is -2.39. The zero-order valence-electron chi connectivity index (χ0n) is 26.1. The summed E-state index contributed by atoms with van der Waals surface area (Å²) in [7, 11) is 5.31. The zero-order valence-corrected chi connectivity index (χ0v) is 26.9. The first-order valence-corrected chi connectivity index (χ1v) is 15.6. The second-order valence-electron chi connectivity index (χ2n) is 10.2. The Bertz CT molecular complexity index is 1160. The highest BCUT2D eigenvalue weighted by molar-refractivity contribution is 8.00. The van der Waals surface area contributed by atoms with Crippen LogP contribution < -0.4 is 4.90 Å². The van der Waals surface area contributed by atoms with E-state index in [0.717, 1.165) is 48.0 Å². The number of allylic oxidation sites excluding steroid dienone is 7. The molecule has 0 bridgehead atoms. The SMILES string of the molecule is CCC/C=C(\N(C)C1=CC=C(OC)CC(OC)=C1)N(c1ccc(F)cc1)[C@@H](CC)SC/C=C(\C)C(F)/C=C\C[C@@H](C)F. The van der Waals surface area contributed by atoms with Gasteiger partial charge in [0.25, 0.3) is 0 Å². The van der Waals surface area contributed by atoms with E-state index in [1.54, 1.807) is 51.1 Å². The third-order valence-corrected chi connectivity index (χ3v) is 8.14. The fourth-order valence-corrected chi connectivity index (χ4v) is 5.51. The average molecular weight is 605 g/mol. The van der Waals surface area contributed by atoms with Crippen LogP contribution in [0.3, 0.4) is 0 Å². The molecule has 232 valence electrons. The first kappa shape index (κ1) is 35.2. The van der Waals surface area contributed by atoms with Gasteiger partial charge in [-0.25, -0.2) is 13.2 Å². The highest BCUT2D eigenvalue weighted by atomic mass is 32.2. The van der Waals surface area contributed by atoms with Crippen LogP contribution in [-0.4, -0.2) is 49.6 Å².